The van der Waals surface area contributed by atoms with E-state index in [1.807, 2.05) is 48.0 Å². The molecule has 4 nitrogen and oxygen atoms in total. The normalized spacial score (nSPS) is 12.6. The highest BCUT2D eigenvalue weighted by Gasteiger charge is 2.19. The zero-order valence-corrected chi connectivity index (χ0v) is 13.3. The molecule has 1 unspecified atom stereocenters. The number of aromatic carboxylic acids is 1. The Labute approximate surface area is 132 Å². The number of carbonyl (C=O) groups is 1. The highest BCUT2D eigenvalue weighted by molar-refractivity contribution is 7.07. The zero-order chi connectivity index (χ0) is 15.7. The molecule has 5 heteroatoms. The van der Waals surface area contributed by atoms with Crippen molar-refractivity contribution in [1.82, 2.24) is 4.40 Å². The Morgan fingerprint density at radius 1 is 1.45 bits per heavy atom. The summed E-state index contributed by atoms with van der Waals surface area (Å²) in [6, 6.07) is 7.55. The Hall–Kier alpha value is -2.11. The first-order valence-corrected chi connectivity index (χ1v) is 7.98. The summed E-state index contributed by atoms with van der Waals surface area (Å²) in [4.78, 5) is 11.5. The number of ether oxygens (including phenoxy) is 1. The summed E-state index contributed by atoms with van der Waals surface area (Å²) in [5, 5.41) is 13.5. The Kier molecular flexibility index (Phi) is 4.00. The van der Waals surface area contributed by atoms with Crippen LogP contribution in [0.2, 0.25) is 0 Å². The van der Waals surface area contributed by atoms with Crippen LogP contribution in [-0.4, -0.2) is 15.5 Å². The highest BCUT2D eigenvalue weighted by atomic mass is 32.1. The Balaban J connectivity index is 1.98. The molecule has 1 atom stereocenters. The third-order valence-electron chi connectivity index (χ3n) is 3.82. The van der Waals surface area contributed by atoms with Gasteiger partial charge in [-0.3, -0.25) is 0 Å². The zero-order valence-electron chi connectivity index (χ0n) is 12.4. The lowest BCUT2D eigenvalue weighted by Crippen LogP contribution is -2.12. The van der Waals surface area contributed by atoms with Crippen LogP contribution in [0.4, 0.5) is 0 Å². The van der Waals surface area contributed by atoms with Crippen molar-refractivity contribution in [2.45, 2.75) is 26.6 Å². The van der Waals surface area contributed by atoms with Crippen molar-refractivity contribution < 1.29 is 14.6 Å². The van der Waals surface area contributed by atoms with Crippen LogP contribution < -0.4 is 0 Å². The average molecular weight is 315 g/mol. The van der Waals surface area contributed by atoms with Crippen molar-refractivity contribution in [2.75, 3.05) is 0 Å². The van der Waals surface area contributed by atoms with E-state index in [9.17, 15) is 9.90 Å². The van der Waals surface area contributed by atoms with E-state index in [2.05, 4.69) is 5.38 Å². The van der Waals surface area contributed by atoms with Gasteiger partial charge in [0.2, 0.25) is 0 Å². The lowest BCUT2D eigenvalue weighted by atomic mass is 10.0. The van der Waals surface area contributed by atoms with E-state index in [1.165, 1.54) is 0 Å². The first-order chi connectivity index (χ1) is 10.6. The maximum atomic E-state index is 11.5. The van der Waals surface area contributed by atoms with Gasteiger partial charge in [0.05, 0.1) is 24.0 Å². The number of nitrogens with zero attached hydrogens (tertiary/aromatic N) is 1. The summed E-state index contributed by atoms with van der Waals surface area (Å²) in [5.41, 5.74) is 3.95. The van der Waals surface area contributed by atoms with E-state index in [4.69, 9.17) is 4.74 Å². The largest absolute Gasteiger partial charge is 0.478 e. The van der Waals surface area contributed by atoms with Crippen molar-refractivity contribution in [3.05, 3.63) is 63.6 Å². The van der Waals surface area contributed by atoms with E-state index in [-0.39, 0.29) is 6.10 Å². The molecule has 0 radical (unpaired) electrons. The summed E-state index contributed by atoms with van der Waals surface area (Å²) < 4.78 is 7.96. The van der Waals surface area contributed by atoms with Gasteiger partial charge in [-0.15, -0.1) is 0 Å². The minimum absolute atomic E-state index is 0.200. The molecule has 3 rings (SSSR count). The topological polar surface area (TPSA) is 50.9 Å². The second kappa shape index (κ2) is 5.94. The van der Waals surface area contributed by atoms with Crippen LogP contribution in [0.1, 0.15) is 40.2 Å². The number of hydrogen-bond acceptors (Lipinski definition) is 3. The fourth-order valence-corrected chi connectivity index (χ4v) is 3.36. The molecule has 0 saturated carbocycles. The fraction of sp³-hybridized carbons (Fsp3) is 0.235. The van der Waals surface area contributed by atoms with Gasteiger partial charge in [0.15, 0.2) is 0 Å². The lowest BCUT2D eigenvalue weighted by molar-refractivity contribution is 0.0486. The quantitative estimate of drug-likeness (QED) is 0.764. The average Bonchev–Trinajstić information content (AvgIpc) is 3.14. The number of carboxylic acid groups (broad SMARTS) is 1. The van der Waals surface area contributed by atoms with Gasteiger partial charge in [-0.1, -0.05) is 0 Å². The molecule has 0 bridgehead atoms. The fourth-order valence-electron chi connectivity index (χ4n) is 2.70. The van der Waals surface area contributed by atoms with Crippen LogP contribution in [0.15, 0.2) is 41.2 Å². The molecule has 0 aliphatic rings. The van der Waals surface area contributed by atoms with Crippen molar-refractivity contribution in [3.63, 3.8) is 0 Å². The molecule has 0 fully saturated rings. The van der Waals surface area contributed by atoms with Crippen LogP contribution in [0.3, 0.4) is 0 Å². The molecule has 3 heterocycles. The predicted molar refractivity (Wildman–Crippen MR) is 86.6 cm³/mol. The summed E-state index contributed by atoms with van der Waals surface area (Å²) in [7, 11) is 0. The number of pyridine rings is 1. The molecular formula is C17H17NO3S. The monoisotopic (exact) mass is 315 g/mol. The van der Waals surface area contributed by atoms with Gasteiger partial charge in [-0.05, 0) is 60.0 Å². The van der Waals surface area contributed by atoms with Crippen LogP contribution in [0.25, 0.3) is 5.52 Å². The number of rotatable bonds is 5. The molecule has 0 amide bonds. The third-order valence-corrected chi connectivity index (χ3v) is 4.55. The van der Waals surface area contributed by atoms with Gasteiger partial charge in [0.25, 0.3) is 0 Å². The molecule has 0 aliphatic heterocycles. The van der Waals surface area contributed by atoms with Crippen molar-refractivity contribution >= 4 is 22.8 Å². The van der Waals surface area contributed by atoms with Gasteiger partial charge in [-0.2, -0.15) is 11.3 Å². The van der Waals surface area contributed by atoms with Crippen molar-refractivity contribution in [3.8, 4) is 0 Å². The summed E-state index contributed by atoms with van der Waals surface area (Å²) in [5.74, 6) is -0.910. The molecule has 1 N–H and O–H groups in total. The van der Waals surface area contributed by atoms with Crippen LogP contribution in [-0.2, 0) is 11.3 Å². The molecule has 3 aromatic heterocycles. The van der Waals surface area contributed by atoms with E-state index in [1.54, 1.807) is 17.4 Å². The van der Waals surface area contributed by atoms with Gasteiger partial charge in [0.1, 0.15) is 0 Å². The molecule has 0 aromatic carbocycles. The number of hydrogen-bond donors (Lipinski definition) is 1. The number of fused-ring (bicyclic) bond motifs is 1. The van der Waals surface area contributed by atoms with E-state index >= 15 is 0 Å². The van der Waals surface area contributed by atoms with E-state index in [0.717, 1.165) is 22.3 Å². The maximum absolute atomic E-state index is 11.5. The Morgan fingerprint density at radius 2 is 2.27 bits per heavy atom. The molecule has 114 valence electrons. The first kappa shape index (κ1) is 14.8. The molecule has 0 saturated heterocycles. The van der Waals surface area contributed by atoms with Crippen LogP contribution in [0, 0.1) is 6.92 Å². The minimum Gasteiger partial charge on any atom is -0.478 e. The van der Waals surface area contributed by atoms with Crippen LogP contribution in [0.5, 0.6) is 0 Å². The van der Waals surface area contributed by atoms with Gasteiger partial charge in [0, 0.05) is 11.7 Å². The summed E-state index contributed by atoms with van der Waals surface area (Å²) >= 11 is 1.64. The first-order valence-electron chi connectivity index (χ1n) is 7.04. The van der Waals surface area contributed by atoms with Gasteiger partial charge < -0.3 is 14.2 Å². The molecule has 0 aliphatic carbocycles. The second-order valence-electron chi connectivity index (χ2n) is 5.26. The van der Waals surface area contributed by atoms with Gasteiger partial charge >= 0.3 is 5.97 Å². The van der Waals surface area contributed by atoms with E-state index in [0.29, 0.717) is 12.2 Å². The van der Waals surface area contributed by atoms with Crippen molar-refractivity contribution in [2.24, 2.45) is 0 Å². The Bertz CT molecular complexity index is 805. The standard InChI is InChI=1S/C17H17NO3S/c1-11-15(17(19)20)8-14-4-3-6-18(14)16(11)12(2)21-9-13-5-7-22-10-13/h3-8,10,12H,9H2,1-2H3,(H,19,20). The number of aromatic nitrogens is 1. The SMILES string of the molecule is Cc1c(C(=O)O)cc2cccn2c1C(C)OCc1ccsc1. The second-order valence-corrected chi connectivity index (χ2v) is 6.04. The van der Waals surface area contributed by atoms with Gasteiger partial charge in [-0.25, -0.2) is 4.79 Å². The predicted octanol–water partition coefficient (Wildman–Crippen LogP) is 4.29. The van der Waals surface area contributed by atoms with E-state index < -0.39 is 5.97 Å². The third kappa shape index (κ3) is 2.65. The molecule has 3 aromatic rings. The smallest absolute Gasteiger partial charge is 0.336 e. The van der Waals surface area contributed by atoms with Crippen molar-refractivity contribution in [1.29, 1.82) is 0 Å². The molecular weight excluding hydrogens is 298 g/mol. The van der Waals surface area contributed by atoms with Crippen LogP contribution >= 0.6 is 11.3 Å². The Morgan fingerprint density at radius 3 is 2.95 bits per heavy atom. The maximum Gasteiger partial charge on any atom is 0.336 e. The highest BCUT2D eigenvalue weighted by Crippen LogP contribution is 2.27. The molecule has 22 heavy (non-hydrogen) atoms. The molecule has 0 spiro atoms. The number of thiophene rings is 1. The lowest BCUT2D eigenvalue weighted by Gasteiger charge is -2.19. The number of carboxylic acids is 1. The summed E-state index contributed by atoms with van der Waals surface area (Å²) in [6.07, 6.45) is 1.74. The minimum atomic E-state index is -0.910. The summed E-state index contributed by atoms with van der Waals surface area (Å²) in [6.45, 7) is 4.31.